The van der Waals surface area contributed by atoms with Gasteiger partial charge in [0.05, 0.1) is 6.42 Å². The van der Waals surface area contributed by atoms with Gasteiger partial charge in [-0.3, -0.25) is 4.79 Å². The molecule has 96 valence electrons. The number of carbonyl (C=O) groups is 1. The van der Waals surface area contributed by atoms with Crippen molar-refractivity contribution in [2.24, 2.45) is 0 Å². The molecular weight excluding hydrogens is 250 g/mol. The summed E-state index contributed by atoms with van der Waals surface area (Å²) >= 11 is 0. The van der Waals surface area contributed by atoms with E-state index in [2.05, 4.69) is 11.4 Å². The van der Waals surface area contributed by atoms with E-state index in [-0.39, 0.29) is 24.9 Å². The maximum Gasteiger partial charge on any atom is 0.305 e. The maximum absolute atomic E-state index is 10.6. The molecule has 0 spiro atoms. The number of benzene rings is 2. The molecule has 0 heterocycles. The molecule has 0 aliphatic carbocycles. The molecule has 0 aliphatic heterocycles. The minimum atomic E-state index is -0.786. The minimum Gasteiger partial charge on any atom is -0.481 e. The van der Waals surface area contributed by atoms with Gasteiger partial charge in [0.15, 0.2) is 0 Å². The van der Waals surface area contributed by atoms with Gasteiger partial charge in [-0.1, -0.05) is 30.3 Å². The van der Waals surface area contributed by atoms with Gasteiger partial charge in [0.1, 0.15) is 0 Å². The zero-order valence-electron chi connectivity index (χ0n) is 10.1. The Morgan fingerprint density at radius 1 is 1.22 bits per heavy atom. The van der Waals surface area contributed by atoms with Crippen LogP contribution in [-0.2, 0) is 4.79 Å². The van der Waals surface area contributed by atoms with Crippen molar-refractivity contribution in [2.45, 2.75) is 19.4 Å². The van der Waals surface area contributed by atoms with Crippen LogP contribution in [0.2, 0.25) is 0 Å². The van der Waals surface area contributed by atoms with Crippen LogP contribution in [0.5, 0.6) is 0 Å². The highest BCUT2D eigenvalue weighted by Crippen LogP contribution is 2.19. The van der Waals surface area contributed by atoms with E-state index in [0.717, 1.165) is 11.1 Å². The Balaban J connectivity index is 0.00000162. The number of rotatable bonds is 4. The van der Waals surface area contributed by atoms with Crippen molar-refractivity contribution < 1.29 is 9.90 Å². The van der Waals surface area contributed by atoms with Gasteiger partial charge in [-0.2, -0.15) is 0 Å². The second kappa shape index (κ2) is 6.26. The monoisotopic (exact) mass is 265 g/mol. The number of halogens is 1. The van der Waals surface area contributed by atoms with E-state index in [0.29, 0.717) is 0 Å². The van der Waals surface area contributed by atoms with E-state index in [1.807, 2.05) is 43.3 Å². The van der Waals surface area contributed by atoms with Crippen molar-refractivity contribution >= 4 is 34.8 Å². The van der Waals surface area contributed by atoms with Gasteiger partial charge >= 0.3 is 5.97 Å². The summed E-state index contributed by atoms with van der Waals surface area (Å²) < 4.78 is 0. The molecule has 0 aliphatic rings. The molecule has 0 radical (unpaired) electrons. The molecule has 0 aromatic heterocycles. The molecule has 0 fully saturated rings. The molecular formula is C14H16ClNO2. The zero-order chi connectivity index (χ0) is 12.3. The fourth-order valence-corrected chi connectivity index (χ4v) is 1.88. The predicted molar refractivity (Wildman–Crippen MR) is 76.5 cm³/mol. The first-order valence-electron chi connectivity index (χ1n) is 5.62. The molecule has 18 heavy (non-hydrogen) atoms. The number of aliphatic carboxylic acids is 1. The Kier molecular flexibility index (Phi) is 4.98. The average molecular weight is 266 g/mol. The van der Waals surface area contributed by atoms with Crippen LogP contribution >= 0.6 is 12.4 Å². The summed E-state index contributed by atoms with van der Waals surface area (Å²) in [5.41, 5.74) is 0.956. The van der Waals surface area contributed by atoms with Gasteiger partial charge in [-0.15, -0.1) is 12.4 Å². The summed E-state index contributed by atoms with van der Waals surface area (Å²) in [6, 6.07) is 14.1. The highest BCUT2D eigenvalue weighted by molar-refractivity contribution is 5.86. The molecule has 0 unspecified atom stereocenters. The van der Waals surface area contributed by atoms with E-state index >= 15 is 0 Å². The Morgan fingerprint density at radius 3 is 2.56 bits per heavy atom. The van der Waals surface area contributed by atoms with Crippen LogP contribution < -0.4 is 5.32 Å². The van der Waals surface area contributed by atoms with E-state index in [4.69, 9.17) is 5.11 Å². The molecule has 1 atom stereocenters. The number of nitrogens with one attached hydrogen (secondary N) is 1. The Labute approximate surface area is 112 Å². The maximum atomic E-state index is 10.6. The topological polar surface area (TPSA) is 49.3 Å². The first-order valence-corrected chi connectivity index (χ1v) is 5.62. The lowest BCUT2D eigenvalue weighted by Crippen LogP contribution is -2.19. The van der Waals surface area contributed by atoms with Gasteiger partial charge < -0.3 is 10.4 Å². The van der Waals surface area contributed by atoms with Crippen molar-refractivity contribution in [3.8, 4) is 0 Å². The SMILES string of the molecule is C[C@@H](CC(=O)O)Nc1ccc2ccccc2c1.Cl. The number of carboxylic acid groups (broad SMARTS) is 1. The van der Waals surface area contributed by atoms with Gasteiger partial charge in [0.2, 0.25) is 0 Å². The summed E-state index contributed by atoms with van der Waals surface area (Å²) in [7, 11) is 0. The number of hydrogen-bond acceptors (Lipinski definition) is 2. The second-order valence-electron chi connectivity index (χ2n) is 4.21. The third-order valence-electron chi connectivity index (χ3n) is 2.64. The summed E-state index contributed by atoms with van der Waals surface area (Å²) in [6.45, 7) is 1.86. The number of anilines is 1. The number of fused-ring (bicyclic) bond motifs is 1. The van der Waals surface area contributed by atoms with Crippen LogP contribution in [0.25, 0.3) is 10.8 Å². The lowest BCUT2D eigenvalue weighted by Gasteiger charge is -2.13. The lowest BCUT2D eigenvalue weighted by molar-refractivity contribution is -0.137. The van der Waals surface area contributed by atoms with Crippen LogP contribution in [0.15, 0.2) is 42.5 Å². The Hall–Kier alpha value is -1.74. The van der Waals surface area contributed by atoms with E-state index in [1.165, 1.54) is 5.39 Å². The number of carboxylic acids is 1. The van der Waals surface area contributed by atoms with Crippen LogP contribution in [0.3, 0.4) is 0 Å². The quantitative estimate of drug-likeness (QED) is 0.889. The normalized spacial score (nSPS) is 11.6. The van der Waals surface area contributed by atoms with Gasteiger partial charge in [-0.25, -0.2) is 0 Å². The zero-order valence-corrected chi connectivity index (χ0v) is 10.9. The smallest absolute Gasteiger partial charge is 0.305 e. The van der Waals surface area contributed by atoms with Crippen molar-refractivity contribution in [1.29, 1.82) is 0 Å². The van der Waals surface area contributed by atoms with Crippen molar-refractivity contribution in [3.63, 3.8) is 0 Å². The molecule has 0 bridgehead atoms. The van der Waals surface area contributed by atoms with Crippen LogP contribution in [-0.4, -0.2) is 17.1 Å². The first kappa shape index (κ1) is 14.3. The summed E-state index contributed by atoms with van der Waals surface area (Å²) in [5, 5.41) is 14.2. The molecule has 4 heteroatoms. The molecule has 0 saturated carbocycles. The van der Waals surface area contributed by atoms with E-state index in [1.54, 1.807) is 0 Å². The molecule has 2 aromatic carbocycles. The number of hydrogen-bond donors (Lipinski definition) is 2. The van der Waals surface area contributed by atoms with Gasteiger partial charge in [0.25, 0.3) is 0 Å². The fraction of sp³-hybridized carbons (Fsp3) is 0.214. The molecule has 3 nitrogen and oxygen atoms in total. The Morgan fingerprint density at radius 2 is 1.89 bits per heavy atom. The summed E-state index contributed by atoms with van der Waals surface area (Å²) in [5.74, 6) is -0.786. The molecule has 0 saturated heterocycles. The van der Waals surface area contributed by atoms with Gasteiger partial charge in [-0.05, 0) is 29.8 Å². The molecule has 0 amide bonds. The lowest BCUT2D eigenvalue weighted by atomic mass is 10.1. The fourth-order valence-electron chi connectivity index (χ4n) is 1.88. The standard InChI is InChI=1S/C14H15NO2.ClH/c1-10(8-14(16)17)15-13-7-6-11-4-2-3-5-12(11)9-13;/h2-7,9-10,15H,8H2,1H3,(H,16,17);1H/t10-;/m0./s1. The van der Waals surface area contributed by atoms with Gasteiger partial charge in [0, 0.05) is 11.7 Å². The summed E-state index contributed by atoms with van der Waals surface area (Å²) in [6.07, 6.45) is 0.118. The van der Waals surface area contributed by atoms with Crippen molar-refractivity contribution in [3.05, 3.63) is 42.5 Å². The summed E-state index contributed by atoms with van der Waals surface area (Å²) in [4.78, 5) is 10.6. The predicted octanol–water partition coefficient (Wildman–Crippen LogP) is 3.54. The highest BCUT2D eigenvalue weighted by atomic mass is 35.5. The minimum absolute atomic E-state index is 0. The van der Waals surface area contributed by atoms with Crippen LogP contribution in [0, 0.1) is 0 Å². The van der Waals surface area contributed by atoms with E-state index < -0.39 is 5.97 Å². The largest absolute Gasteiger partial charge is 0.481 e. The second-order valence-corrected chi connectivity index (χ2v) is 4.21. The third kappa shape index (κ3) is 3.64. The first-order chi connectivity index (χ1) is 8.15. The van der Waals surface area contributed by atoms with Crippen molar-refractivity contribution in [1.82, 2.24) is 0 Å². The van der Waals surface area contributed by atoms with Crippen molar-refractivity contribution in [2.75, 3.05) is 5.32 Å². The van der Waals surface area contributed by atoms with E-state index in [9.17, 15) is 4.79 Å². The van der Waals surface area contributed by atoms with Crippen LogP contribution in [0.4, 0.5) is 5.69 Å². The Bertz CT molecular complexity index is 542. The van der Waals surface area contributed by atoms with Crippen LogP contribution in [0.1, 0.15) is 13.3 Å². The third-order valence-corrected chi connectivity index (χ3v) is 2.64. The molecule has 2 aromatic rings. The highest BCUT2D eigenvalue weighted by Gasteiger charge is 2.07. The molecule has 2 N–H and O–H groups in total. The molecule has 2 rings (SSSR count). The average Bonchev–Trinajstić information content (AvgIpc) is 2.27.